The molecule has 0 aromatic heterocycles. The van der Waals surface area contributed by atoms with Gasteiger partial charge >= 0.3 is 0 Å². The molecule has 4 heteroatoms. The normalized spacial score (nSPS) is 22.0. The van der Waals surface area contributed by atoms with Crippen LogP contribution in [-0.4, -0.2) is 24.4 Å². The smallest absolute Gasteiger partial charge is 0.134 e. The molecule has 1 aliphatic rings. The minimum absolute atomic E-state index is 0.115. The van der Waals surface area contributed by atoms with E-state index in [2.05, 4.69) is 12.2 Å². The third kappa shape index (κ3) is 2.60. The Bertz CT molecular complexity index is 364. The highest BCUT2D eigenvalue weighted by atomic mass is 35.5. The van der Waals surface area contributed by atoms with Gasteiger partial charge in [0.25, 0.3) is 0 Å². The van der Waals surface area contributed by atoms with Crippen LogP contribution in [0.3, 0.4) is 0 Å². The number of rotatable bonds is 3. The summed E-state index contributed by atoms with van der Waals surface area (Å²) in [6.45, 7) is 3.81. The Kier molecular flexibility index (Phi) is 3.56. The number of phenolic OH excluding ortho intramolecular Hbond substituents is 1. The van der Waals surface area contributed by atoms with Crippen LogP contribution >= 0.6 is 11.6 Å². The van der Waals surface area contributed by atoms with Gasteiger partial charge in [0.2, 0.25) is 0 Å². The van der Waals surface area contributed by atoms with Gasteiger partial charge in [0, 0.05) is 24.3 Å². The molecule has 16 heavy (non-hydrogen) atoms. The van der Waals surface area contributed by atoms with Crippen molar-refractivity contribution in [2.45, 2.75) is 19.4 Å². The maximum atomic E-state index is 9.31. The van der Waals surface area contributed by atoms with E-state index < -0.39 is 0 Å². The van der Waals surface area contributed by atoms with Gasteiger partial charge in [-0.3, -0.25) is 0 Å². The Labute approximate surface area is 100 Å². The Morgan fingerprint density at radius 3 is 3.00 bits per heavy atom. The number of halogens is 1. The Morgan fingerprint density at radius 2 is 2.38 bits per heavy atom. The number of ether oxygens (including phenoxy) is 1. The Hall–Kier alpha value is -0.930. The molecule has 0 bridgehead atoms. The van der Waals surface area contributed by atoms with Crippen molar-refractivity contribution in [3.05, 3.63) is 23.2 Å². The fourth-order valence-electron chi connectivity index (χ4n) is 1.92. The van der Waals surface area contributed by atoms with Gasteiger partial charge in [0.15, 0.2) is 0 Å². The third-order valence-electron chi connectivity index (χ3n) is 3.01. The van der Waals surface area contributed by atoms with Crippen LogP contribution in [0.5, 0.6) is 5.75 Å². The van der Waals surface area contributed by atoms with Crippen molar-refractivity contribution in [1.29, 1.82) is 0 Å². The van der Waals surface area contributed by atoms with Crippen molar-refractivity contribution < 1.29 is 9.84 Å². The zero-order valence-electron chi connectivity index (χ0n) is 9.24. The predicted molar refractivity (Wildman–Crippen MR) is 65.1 cm³/mol. The molecule has 1 fully saturated rings. The van der Waals surface area contributed by atoms with Gasteiger partial charge in [-0.1, -0.05) is 11.6 Å². The topological polar surface area (TPSA) is 41.5 Å². The molecule has 0 amide bonds. The average molecular weight is 242 g/mol. The van der Waals surface area contributed by atoms with E-state index in [-0.39, 0.29) is 5.75 Å². The molecular formula is C12H16ClNO2. The summed E-state index contributed by atoms with van der Waals surface area (Å²) >= 11 is 5.84. The van der Waals surface area contributed by atoms with E-state index in [9.17, 15) is 5.11 Å². The monoisotopic (exact) mass is 241 g/mol. The first-order valence-electron chi connectivity index (χ1n) is 5.49. The van der Waals surface area contributed by atoms with Gasteiger partial charge in [0.05, 0.1) is 11.6 Å². The highest BCUT2D eigenvalue weighted by molar-refractivity contribution is 6.32. The molecule has 2 N–H and O–H groups in total. The summed E-state index contributed by atoms with van der Waals surface area (Å²) < 4.78 is 5.35. The first-order chi connectivity index (χ1) is 7.66. The van der Waals surface area contributed by atoms with E-state index in [0.717, 1.165) is 25.3 Å². The second-order valence-corrected chi connectivity index (χ2v) is 4.63. The lowest BCUT2D eigenvalue weighted by Crippen LogP contribution is -2.26. The first-order valence-corrected chi connectivity index (χ1v) is 5.87. The molecule has 0 saturated carbocycles. The summed E-state index contributed by atoms with van der Waals surface area (Å²) in [5, 5.41) is 13.1. The Balaban J connectivity index is 1.99. The summed E-state index contributed by atoms with van der Waals surface area (Å²) in [5.41, 5.74) is 0.933. The van der Waals surface area contributed by atoms with Crippen molar-refractivity contribution in [1.82, 2.24) is 0 Å². The van der Waals surface area contributed by atoms with Crippen molar-refractivity contribution >= 4 is 17.3 Å². The van der Waals surface area contributed by atoms with E-state index in [0.29, 0.717) is 17.0 Å². The zero-order chi connectivity index (χ0) is 11.5. The van der Waals surface area contributed by atoms with E-state index in [4.69, 9.17) is 16.3 Å². The number of phenols is 1. The molecule has 1 aromatic rings. The molecule has 2 atom stereocenters. The summed E-state index contributed by atoms with van der Waals surface area (Å²) in [6.07, 6.45) is 1.10. The number of hydrogen-bond acceptors (Lipinski definition) is 3. The van der Waals surface area contributed by atoms with Crippen molar-refractivity contribution in [3.8, 4) is 5.75 Å². The zero-order valence-corrected chi connectivity index (χ0v) is 10.00. The van der Waals surface area contributed by atoms with Gasteiger partial charge in [-0.2, -0.15) is 0 Å². The largest absolute Gasteiger partial charge is 0.506 e. The number of hydrogen-bond donors (Lipinski definition) is 2. The SMILES string of the molecule is CC(Nc1ccc(O)c(Cl)c1)C1CCOC1. The van der Waals surface area contributed by atoms with Crippen LogP contribution in [0.25, 0.3) is 0 Å². The summed E-state index contributed by atoms with van der Waals surface area (Å²) in [5.74, 6) is 0.664. The van der Waals surface area contributed by atoms with Crippen molar-refractivity contribution in [3.63, 3.8) is 0 Å². The lowest BCUT2D eigenvalue weighted by molar-refractivity contribution is 0.183. The van der Waals surface area contributed by atoms with Gasteiger partial charge in [-0.15, -0.1) is 0 Å². The predicted octanol–water partition coefficient (Wildman–Crippen LogP) is 2.88. The molecule has 2 rings (SSSR count). The average Bonchev–Trinajstić information content (AvgIpc) is 2.77. The summed E-state index contributed by atoms with van der Waals surface area (Å²) in [4.78, 5) is 0. The highest BCUT2D eigenvalue weighted by Gasteiger charge is 2.22. The van der Waals surface area contributed by atoms with Crippen LogP contribution in [0, 0.1) is 5.92 Å². The van der Waals surface area contributed by atoms with Crippen LogP contribution in [-0.2, 0) is 4.74 Å². The minimum Gasteiger partial charge on any atom is -0.506 e. The molecule has 0 radical (unpaired) electrons. The van der Waals surface area contributed by atoms with Gasteiger partial charge in [0.1, 0.15) is 5.75 Å². The van der Waals surface area contributed by atoms with E-state index >= 15 is 0 Å². The van der Waals surface area contributed by atoms with Crippen molar-refractivity contribution in [2.75, 3.05) is 18.5 Å². The van der Waals surface area contributed by atoms with Gasteiger partial charge < -0.3 is 15.2 Å². The Morgan fingerprint density at radius 1 is 1.56 bits per heavy atom. The van der Waals surface area contributed by atoms with E-state index in [1.54, 1.807) is 12.1 Å². The summed E-state index contributed by atoms with van der Waals surface area (Å²) in [7, 11) is 0. The van der Waals surface area contributed by atoms with Crippen LogP contribution in [0.4, 0.5) is 5.69 Å². The van der Waals surface area contributed by atoms with Crippen molar-refractivity contribution in [2.24, 2.45) is 5.92 Å². The van der Waals surface area contributed by atoms with Crippen LogP contribution < -0.4 is 5.32 Å². The number of benzene rings is 1. The molecule has 88 valence electrons. The van der Waals surface area contributed by atoms with E-state index in [1.165, 1.54) is 0 Å². The van der Waals surface area contributed by atoms with Crippen LogP contribution in [0.1, 0.15) is 13.3 Å². The molecule has 0 aliphatic carbocycles. The second-order valence-electron chi connectivity index (χ2n) is 4.22. The third-order valence-corrected chi connectivity index (χ3v) is 3.32. The molecule has 1 aromatic carbocycles. The van der Waals surface area contributed by atoms with Gasteiger partial charge in [-0.05, 0) is 31.5 Å². The van der Waals surface area contributed by atoms with E-state index in [1.807, 2.05) is 6.07 Å². The van der Waals surface area contributed by atoms with Crippen LogP contribution in [0.15, 0.2) is 18.2 Å². The number of anilines is 1. The fourth-order valence-corrected chi connectivity index (χ4v) is 2.11. The second kappa shape index (κ2) is 4.93. The first kappa shape index (κ1) is 11.6. The minimum atomic E-state index is 0.115. The molecule has 0 spiro atoms. The molecule has 1 heterocycles. The molecule has 2 unspecified atom stereocenters. The molecule has 3 nitrogen and oxygen atoms in total. The molecule has 1 aliphatic heterocycles. The summed E-state index contributed by atoms with van der Waals surface area (Å²) in [6, 6.07) is 5.52. The number of aromatic hydroxyl groups is 1. The lowest BCUT2D eigenvalue weighted by atomic mass is 10.0. The quantitative estimate of drug-likeness (QED) is 0.800. The standard InChI is InChI=1S/C12H16ClNO2/c1-8(9-4-5-16-7-9)14-10-2-3-12(15)11(13)6-10/h2-3,6,8-9,14-15H,4-5,7H2,1H3. The highest BCUT2D eigenvalue weighted by Crippen LogP contribution is 2.27. The number of nitrogens with one attached hydrogen (secondary N) is 1. The molecular weight excluding hydrogens is 226 g/mol. The lowest BCUT2D eigenvalue weighted by Gasteiger charge is -2.20. The molecule has 1 saturated heterocycles. The maximum absolute atomic E-state index is 9.31. The maximum Gasteiger partial charge on any atom is 0.134 e. The van der Waals surface area contributed by atoms with Gasteiger partial charge in [-0.25, -0.2) is 0 Å². The van der Waals surface area contributed by atoms with Crippen LogP contribution in [0.2, 0.25) is 5.02 Å². The fraction of sp³-hybridized carbons (Fsp3) is 0.500.